The van der Waals surface area contributed by atoms with E-state index in [1.165, 1.54) is 18.9 Å². The number of anilines is 1. The highest BCUT2D eigenvalue weighted by Gasteiger charge is 2.32. The van der Waals surface area contributed by atoms with E-state index in [1.54, 1.807) is 36.4 Å². The second-order valence-electron chi connectivity index (χ2n) is 7.43. The van der Waals surface area contributed by atoms with Gasteiger partial charge < -0.3 is 19.7 Å². The van der Waals surface area contributed by atoms with Crippen molar-refractivity contribution >= 4 is 46.5 Å². The summed E-state index contributed by atoms with van der Waals surface area (Å²) in [6.45, 7) is 1.66. The number of hydrogen-bond acceptors (Lipinski definition) is 5. The highest BCUT2D eigenvalue weighted by atomic mass is 35.5. The molecule has 170 valence electrons. The van der Waals surface area contributed by atoms with Gasteiger partial charge in [0, 0.05) is 17.8 Å². The molecule has 0 radical (unpaired) electrons. The largest absolute Gasteiger partial charge is 0.493 e. The number of hydrogen-bond donors (Lipinski definition) is 1. The Morgan fingerprint density at radius 1 is 1.06 bits per heavy atom. The summed E-state index contributed by atoms with van der Waals surface area (Å²) in [5, 5.41) is 3.53. The quantitative estimate of drug-likeness (QED) is 0.587. The van der Waals surface area contributed by atoms with Crippen LogP contribution in [0.25, 0.3) is 0 Å². The number of benzene rings is 2. The molecular formula is C23H24Cl2N2O5. The molecule has 1 N–H and O–H groups in total. The number of likely N-dealkylation sites (tertiary alicyclic amines) is 1. The molecule has 0 aromatic heterocycles. The van der Waals surface area contributed by atoms with Gasteiger partial charge in [0.05, 0.1) is 17.2 Å². The van der Waals surface area contributed by atoms with Gasteiger partial charge in [-0.05, 0) is 62.6 Å². The molecule has 1 unspecified atom stereocenters. The van der Waals surface area contributed by atoms with E-state index in [-0.39, 0.29) is 24.2 Å². The molecule has 1 aliphatic rings. The summed E-state index contributed by atoms with van der Waals surface area (Å²) >= 11 is 11.9. The Hall–Kier alpha value is -2.77. The Balaban J connectivity index is 1.67. The van der Waals surface area contributed by atoms with Crippen LogP contribution >= 0.6 is 23.2 Å². The van der Waals surface area contributed by atoms with Crippen molar-refractivity contribution in [3.63, 3.8) is 0 Å². The summed E-state index contributed by atoms with van der Waals surface area (Å²) in [6.07, 6.45) is 2.19. The second-order valence-corrected chi connectivity index (χ2v) is 8.24. The fraction of sp³-hybridized carbons (Fsp3) is 0.348. The second kappa shape index (κ2) is 10.7. The van der Waals surface area contributed by atoms with Gasteiger partial charge in [-0.1, -0.05) is 23.2 Å². The van der Waals surface area contributed by atoms with Crippen LogP contribution in [0.4, 0.5) is 5.69 Å². The van der Waals surface area contributed by atoms with Crippen molar-refractivity contribution in [1.29, 1.82) is 0 Å². The maximum absolute atomic E-state index is 12.9. The number of rotatable bonds is 7. The number of Topliss-reactive ketones (excluding diaryl/α,β-unsaturated/α-hetero) is 1. The van der Waals surface area contributed by atoms with E-state index in [1.807, 2.05) is 0 Å². The van der Waals surface area contributed by atoms with Gasteiger partial charge >= 0.3 is 0 Å². The molecule has 0 saturated carbocycles. The molecule has 1 saturated heterocycles. The van der Waals surface area contributed by atoms with Crippen molar-refractivity contribution in [2.75, 3.05) is 25.6 Å². The number of halogens is 2. The maximum atomic E-state index is 12.9. The summed E-state index contributed by atoms with van der Waals surface area (Å²) < 4.78 is 10.9. The number of ketones is 1. The first-order chi connectivity index (χ1) is 15.3. The van der Waals surface area contributed by atoms with E-state index in [0.29, 0.717) is 45.8 Å². The highest BCUT2D eigenvalue weighted by Crippen LogP contribution is 2.29. The number of nitrogens with one attached hydrogen (secondary N) is 1. The van der Waals surface area contributed by atoms with Crippen molar-refractivity contribution in [3.8, 4) is 11.5 Å². The van der Waals surface area contributed by atoms with Gasteiger partial charge in [0.15, 0.2) is 23.9 Å². The standard InChI is InChI=1S/C23H24Cl2N2O5/c1-14(28)15-6-9-20(21(11-15)31-2)32-13-22(29)27-10-4-3-5-19(27)23(30)26-16-7-8-17(24)18(25)12-16/h6-9,11-12,19H,3-5,10,13H2,1-2H3,(H,26,30). The van der Waals surface area contributed by atoms with Crippen molar-refractivity contribution in [1.82, 2.24) is 4.90 Å². The number of piperidine rings is 1. The molecular weight excluding hydrogens is 455 g/mol. The highest BCUT2D eigenvalue weighted by molar-refractivity contribution is 6.42. The van der Waals surface area contributed by atoms with Crippen molar-refractivity contribution in [3.05, 3.63) is 52.0 Å². The molecule has 3 rings (SSSR count). The van der Waals surface area contributed by atoms with E-state index in [2.05, 4.69) is 5.32 Å². The van der Waals surface area contributed by atoms with Crippen LogP contribution in [-0.4, -0.2) is 48.8 Å². The molecule has 0 aliphatic carbocycles. The van der Waals surface area contributed by atoms with Crippen LogP contribution in [0.2, 0.25) is 10.0 Å². The minimum absolute atomic E-state index is 0.102. The van der Waals surface area contributed by atoms with Gasteiger partial charge in [0.2, 0.25) is 5.91 Å². The lowest BCUT2D eigenvalue weighted by molar-refractivity contribution is -0.142. The minimum Gasteiger partial charge on any atom is -0.493 e. The van der Waals surface area contributed by atoms with Gasteiger partial charge in [-0.2, -0.15) is 0 Å². The third kappa shape index (κ3) is 5.72. The van der Waals surface area contributed by atoms with Gasteiger partial charge in [0.1, 0.15) is 6.04 Å². The Morgan fingerprint density at radius 2 is 1.84 bits per heavy atom. The van der Waals surface area contributed by atoms with Crippen LogP contribution in [0.5, 0.6) is 11.5 Å². The lowest BCUT2D eigenvalue weighted by atomic mass is 10.0. The Bertz CT molecular complexity index is 1030. The summed E-state index contributed by atoms with van der Waals surface area (Å²) in [6, 6.07) is 8.97. The SMILES string of the molecule is COc1cc(C(C)=O)ccc1OCC(=O)N1CCCCC1C(=O)Nc1ccc(Cl)c(Cl)c1. The predicted molar refractivity (Wildman–Crippen MR) is 123 cm³/mol. The smallest absolute Gasteiger partial charge is 0.261 e. The first-order valence-corrected chi connectivity index (χ1v) is 10.9. The summed E-state index contributed by atoms with van der Waals surface area (Å²) in [5.74, 6) is 0.00399. The van der Waals surface area contributed by atoms with Gasteiger partial charge in [0.25, 0.3) is 5.91 Å². The Morgan fingerprint density at radius 3 is 2.53 bits per heavy atom. The number of ether oxygens (including phenoxy) is 2. The molecule has 1 aliphatic heterocycles. The fourth-order valence-electron chi connectivity index (χ4n) is 3.53. The molecule has 1 heterocycles. The van der Waals surface area contributed by atoms with Gasteiger partial charge in [-0.15, -0.1) is 0 Å². The molecule has 0 spiro atoms. The van der Waals surface area contributed by atoms with Crippen LogP contribution in [0.15, 0.2) is 36.4 Å². The zero-order chi connectivity index (χ0) is 23.3. The number of carbonyl (C=O) groups is 3. The topological polar surface area (TPSA) is 84.9 Å². The average molecular weight is 479 g/mol. The average Bonchev–Trinajstić information content (AvgIpc) is 2.79. The van der Waals surface area contributed by atoms with E-state index in [9.17, 15) is 14.4 Å². The summed E-state index contributed by atoms with van der Waals surface area (Å²) in [7, 11) is 1.46. The molecule has 1 atom stereocenters. The van der Waals surface area contributed by atoms with Gasteiger partial charge in [-0.25, -0.2) is 0 Å². The zero-order valence-corrected chi connectivity index (χ0v) is 19.3. The lowest BCUT2D eigenvalue weighted by Gasteiger charge is -2.34. The summed E-state index contributed by atoms with van der Waals surface area (Å²) in [4.78, 5) is 38.9. The monoisotopic (exact) mass is 478 g/mol. The van der Waals surface area contributed by atoms with E-state index in [0.717, 1.165) is 12.8 Å². The fourth-order valence-corrected chi connectivity index (χ4v) is 3.83. The van der Waals surface area contributed by atoms with Crippen LogP contribution in [0, 0.1) is 0 Å². The lowest BCUT2D eigenvalue weighted by Crippen LogP contribution is -2.51. The number of amides is 2. The molecule has 1 fully saturated rings. The molecule has 2 aromatic carbocycles. The predicted octanol–water partition coefficient (Wildman–Crippen LogP) is 4.60. The Labute approximate surface area is 196 Å². The van der Waals surface area contributed by atoms with E-state index < -0.39 is 6.04 Å². The number of nitrogens with zero attached hydrogens (tertiary/aromatic N) is 1. The molecule has 2 aromatic rings. The van der Waals surface area contributed by atoms with Crippen LogP contribution < -0.4 is 14.8 Å². The molecule has 9 heteroatoms. The number of carbonyl (C=O) groups excluding carboxylic acids is 3. The molecule has 7 nitrogen and oxygen atoms in total. The zero-order valence-electron chi connectivity index (χ0n) is 17.8. The van der Waals surface area contributed by atoms with Crippen LogP contribution in [-0.2, 0) is 9.59 Å². The minimum atomic E-state index is -0.615. The summed E-state index contributed by atoms with van der Waals surface area (Å²) in [5.41, 5.74) is 0.990. The molecule has 0 bridgehead atoms. The third-order valence-corrected chi connectivity index (χ3v) is 5.97. The number of methoxy groups -OCH3 is 1. The van der Waals surface area contributed by atoms with Crippen molar-refractivity contribution in [2.45, 2.75) is 32.2 Å². The van der Waals surface area contributed by atoms with Crippen molar-refractivity contribution < 1.29 is 23.9 Å². The van der Waals surface area contributed by atoms with E-state index >= 15 is 0 Å². The first-order valence-electron chi connectivity index (χ1n) is 10.2. The Kier molecular flexibility index (Phi) is 7.99. The first kappa shape index (κ1) is 23.9. The van der Waals surface area contributed by atoms with E-state index in [4.69, 9.17) is 32.7 Å². The molecule has 2 amide bonds. The normalized spacial score (nSPS) is 15.8. The van der Waals surface area contributed by atoms with Gasteiger partial charge in [-0.3, -0.25) is 14.4 Å². The van der Waals surface area contributed by atoms with Crippen LogP contribution in [0.3, 0.4) is 0 Å². The van der Waals surface area contributed by atoms with Crippen LogP contribution in [0.1, 0.15) is 36.5 Å². The third-order valence-electron chi connectivity index (χ3n) is 5.23. The van der Waals surface area contributed by atoms with Crippen molar-refractivity contribution in [2.24, 2.45) is 0 Å². The molecule has 32 heavy (non-hydrogen) atoms. The maximum Gasteiger partial charge on any atom is 0.261 e.